The Kier molecular flexibility index (Phi) is 4.33. The van der Waals surface area contributed by atoms with Crippen LogP contribution in [0.3, 0.4) is 0 Å². The minimum Gasteiger partial charge on any atom is -0.486 e. The first kappa shape index (κ1) is 15.8. The minimum absolute atomic E-state index is 0.0199. The fourth-order valence-corrected chi connectivity index (χ4v) is 2.48. The number of ether oxygens (including phenoxy) is 2. The normalized spacial score (nSPS) is 17.0. The third-order valence-corrected chi connectivity index (χ3v) is 3.79. The van der Waals surface area contributed by atoms with Gasteiger partial charge in [0, 0.05) is 6.07 Å². The maximum Gasteiger partial charge on any atom is 0.282 e. The number of carbonyl (C=O) groups excluding carboxylic acids is 1. The van der Waals surface area contributed by atoms with E-state index in [4.69, 9.17) is 9.47 Å². The van der Waals surface area contributed by atoms with Crippen molar-refractivity contribution in [3.8, 4) is 11.5 Å². The number of benzene rings is 2. The Balaban J connectivity index is 1.71. The number of hydrogen-bond acceptors (Lipinski definition) is 5. The van der Waals surface area contributed by atoms with Crippen LogP contribution < -0.4 is 14.8 Å². The molecule has 3 rings (SSSR count). The third-order valence-electron chi connectivity index (χ3n) is 3.79. The van der Waals surface area contributed by atoms with Gasteiger partial charge < -0.3 is 14.8 Å². The van der Waals surface area contributed by atoms with Crippen molar-refractivity contribution >= 4 is 11.6 Å². The Hall–Kier alpha value is -3.09. The Bertz CT molecular complexity index is 777. The average molecular weight is 328 g/mol. The summed E-state index contributed by atoms with van der Waals surface area (Å²) in [5.74, 6) is 0.753. The van der Waals surface area contributed by atoms with Gasteiger partial charge in [0.25, 0.3) is 11.6 Å². The van der Waals surface area contributed by atoms with Crippen molar-refractivity contribution in [2.45, 2.75) is 19.1 Å². The maximum atomic E-state index is 12.4. The Morgan fingerprint density at radius 1 is 1.21 bits per heavy atom. The van der Waals surface area contributed by atoms with Crippen LogP contribution in [0.15, 0.2) is 48.5 Å². The number of nitro benzene ring substituents is 1. The monoisotopic (exact) mass is 328 g/mol. The molecule has 0 fully saturated rings. The van der Waals surface area contributed by atoms with Crippen molar-refractivity contribution in [1.82, 2.24) is 5.32 Å². The lowest BCUT2D eigenvalue weighted by atomic mass is 10.1. The molecule has 0 radical (unpaired) electrons. The van der Waals surface area contributed by atoms with Gasteiger partial charge in [-0.1, -0.05) is 24.3 Å². The largest absolute Gasteiger partial charge is 0.486 e. The topological polar surface area (TPSA) is 90.7 Å². The summed E-state index contributed by atoms with van der Waals surface area (Å²) in [6.45, 7) is 2.06. The van der Waals surface area contributed by atoms with Gasteiger partial charge in [-0.25, -0.2) is 0 Å². The number of hydrogen-bond donors (Lipinski definition) is 1. The van der Waals surface area contributed by atoms with Gasteiger partial charge in [0.05, 0.1) is 11.0 Å². The first-order valence-electron chi connectivity index (χ1n) is 7.49. The number of nitro groups is 1. The Labute approximate surface area is 138 Å². The van der Waals surface area contributed by atoms with Gasteiger partial charge in [0.1, 0.15) is 12.2 Å². The van der Waals surface area contributed by atoms with Gasteiger partial charge in [-0.2, -0.15) is 0 Å². The molecule has 2 aromatic carbocycles. The predicted octanol–water partition coefficient (Wildman–Crippen LogP) is 2.55. The van der Waals surface area contributed by atoms with Crippen LogP contribution in [0.2, 0.25) is 0 Å². The van der Waals surface area contributed by atoms with E-state index >= 15 is 0 Å². The number of rotatable bonds is 4. The third kappa shape index (κ3) is 3.15. The van der Waals surface area contributed by atoms with Crippen molar-refractivity contribution in [3.63, 3.8) is 0 Å². The molecule has 0 aromatic heterocycles. The number of nitrogens with one attached hydrogen (secondary N) is 1. The van der Waals surface area contributed by atoms with Gasteiger partial charge in [-0.3, -0.25) is 14.9 Å². The molecule has 0 spiro atoms. The smallest absolute Gasteiger partial charge is 0.282 e. The SMILES string of the molecule is C[C@@H](NC(=O)c1ccccc1[N+](=O)[O-])[C@@H]1COc2ccccc2O1. The molecule has 0 unspecified atom stereocenters. The van der Waals surface area contributed by atoms with Gasteiger partial charge >= 0.3 is 0 Å². The van der Waals surface area contributed by atoms with Crippen LogP contribution in [0.25, 0.3) is 0 Å². The molecule has 2 atom stereocenters. The van der Waals surface area contributed by atoms with Crippen molar-refractivity contribution < 1.29 is 19.2 Å². The van der Waals surface area contributed by atoms with Gasteiger partial charge in [0.15, 0.2) is 17.6 Å². The van der Waals surface area contributed by atoms with E-state index in [1.54, 1.807) is 19.1 Å². The van der Waals surface area contributed by atoms with E-state index in [1.807, 2.05) is 18.2 Å². The molecule has 1 aliphatic heterocycles. The van der Waals surface area contributed by atoms with Crippen molar-refractivity contribution in [2.75, 3.05) is 6.61 Å². The van der Waals surface area contributed by atoms with Crippen LogP contribution >= 0.6 is 0 Å². The predicted molar refractivity (Wildman–Crippen MR) is 86.4 cm³/mol. The van der Waals surface area contributed by atoms with E-state index in [1.165, 1.54) is 18.2 Å². The molecule has 1 aliphatic rings. The molecule has 1 heterocycles. The van der Waals surface area contributed by atoms with Crippen LogP contribution in [0.4, 0.5) is 5.69 Å². The molecule has 7 heteroatoms. The van der Waals surface area contributed by atoms with Crippen molar-refractivity contribution in [1.29, 1.82) is 0 Å². The van der Waals surface area contributed by atoms with E-state index in [9.17, 15) is 14.9 Å². The summed E-state index contributed by atoms with van der Waals surface area (Å²) in [6, 6.07) is 12.7. The fraction of sp³-hybridized carbons (Fsp3) is 0.235. The maximum absolute atomic E-state index is 12.4. The van der Waals surface area contributed by atoms with Crippen molar-refractivity contribution in [2.24, 2.45) is 0 Å². The molecule has 1 amide bonds. The van der Waals surface area contributed by atoms with Gasteiger partial charge in [-0.15, -0.1) is 0 Å². The number of carbonyl (C=O) groups is 1. The Morgan fingerprint density at radius 3 is 2.62 bits per heavy atom. The summed E-state index contributed by atoms with van der Waals surface area (Å²) in [4.78, 5) is 22.8. The molecule has 2 aromatic rings. The molecule has 124 valence electrons. The summed E-state index contributed by atoms with van der Waals surface area (Å²) in [5.41, 5.74) is -0.208. The van der Waals surface area contributed by atoms with Crippen LogP contribution in [0.5, 0.6) is 11.5 Å². The molecule has 0 aliphatic carbocycles. The van der Waals surface area contributed by atoms with Crippen LogP contribution in [0.1, 0.15) is 17.3 Å². The first-order chi connectivity index (χ1) is 11.6. The molecular weight excluding hydrogens is 312 g/mol. The fourth-order valence-electron chi connectivity index (χ4n) is 2.48. The average Bonchev–Trinajstić information content (AvgIpc) is 2.61. The molecule has 0 saturated heterocycles. The summed E-state index contributed by atoms with van der Waals surface area (Å²) in [6.07, 6.45) is -0.383. The van der Waals surface area contributed by atoms with E-state index in [0.29, 0.717) is 11.5 Å². The summed E-state index contributed by atoms with van der Waals surface area (Å²) in [7, 11) is 0. The second-order valence-corrected chi connectivity index (χ2v) is 5.45. The minimum atomic E-state index is -0.573. The lowest BCUT2D eigenvalue weighted by Crippen LogP contribution is -2.48. The van der Waals surface area contributed by atoms with Crippen LogP contribution in [0, 0.1) is 10.1 Å². The quantitative estimate of drug-likeness (QED) is 0.688. The Morgan fingerprint density at radius 2 is 1.88 bits per heavy atom. The zero-order valence-corrected chi connectivity index (χ0v) is 13.0. The van der Waals surface area contributed by atoms with E-state index in [-0.39, 0.29) is 30.0 Å². The number of nitrogens with zero attached hydrogens (tertiary/aromatic N) is 1. The van der Waals surface area contributed by atoms with Crippen molar-refractivity contribution in [3.05, 3.63) is 64.2 Å². The number of fused-ring (bicyclic) bond motifs is 1. The summed E-state index contributed by atoms with van der Waals surface area (Å²) >= 11 is 0. The van der Waals surface area contributed by atoms with E-state index in [2.05, 4.69) is 5.32 Å². The van der Waals surface area contributed by atoms with Gasteiger partial charge in [0.2, 0.25) is 0 Å². The highest BCUT2D eigenvalue weighted by Gasteiger charge is 2.28. The molecular formula is C17H16N2O5. The van der Waals surface area contributed by atoms with E-state index < -0.39 is 10.8 Å². The second kappa shape index (κ2) is 6.57. The van der Waals surface area contributed by atoms with Crippen LogP contribution in [-0.4, -0.2) is 29.6 Å². The lowest BCUT2D eigenvalue weighted by Gasteiger charge is -2.30. The molecule has 24 heavy (non-hydrogen) atoms. The molecule has 0 saturated carbocycles. The summed E-state index contributed by atoms with van der Waals surface area (Å²) in [5, 5.41) is 13.8. The highest BCUT2D eigenvalue weighted by atomic mass is 16.6. The lowest BCUT2D eigenvalue weighted by molar-refractivity contribution is -0.385. The first-order valence-corrected chi connectivity index (χ1v) is 7.49. The highest BCUT2D eigenvalue weighted by Crippen LogP contribution is 2.31. The van der Waals surface area contributed by atoms with Crippen LogP contribution in [-0.2, 0) is 0 Å². The number of para-hydroxylation sites is 3. The highest BCUT2D eigenvalue weighted by molar-refractivity contribution is 5.98. The number of amides is 1. The van der Waals surface area contributed by atoms with Gasteiger partial charge in [-0.05, 0) is 25.1 Å². The summed E-state index contributed by atoms with van der Waals surface area (Å²) < 4.78 is 11.5. The standard InChI is InChI=1S/C17H16N2O5/c1-11(16-10-23-14-8-4-5-9-15(14)24-16)18-17(20)12-6-2-3-7-13(12)19(21)22/h2-9,11,16H,10H2,1H3,(H,18,20)/t11-,16+/m1/s1. The molecule has 1 N–H and O–H groups in total. The van der Waals surface area contributed by atoms with E-state index in [0.717, 1.165) is 0 Å². The molecule has 0 bridgehead atoms. The molecule has 7 nitrogen and oxygen atoms in total. The zero-order chi connectivity index (χ0) is 17.1. The zero-order valence-electron chi connectivity index (χ0n) is 13.0. The second-order valence-electron chi connectivity index (χ2n) is 5.45.